The minimum absolute atomic E-state index is 0.0193. The van der Waals surface area contributed by atoms with Crippen molar-refractivity contribution in [2.45, 2.75) is 56.7 Å². The van der Waals surface area contributed by atoms with E-state index in [0.717, 1.165) is 28.9 Å². The third kappa shape index (κ3) is 5.54. The zero-order valence-corrected chi connectivity index (χ0v) is 17.8. The van der Waals surface area contributed by atoms with Crippen LogP contribution in [-0.2, 0) is 33.5 Å². The predicted molar refractivity (Wildman–Crippen MR) is 114 cm³/mol. The highest BCUT2D eigenvalue weighted by atomic mass is 19.4. The molecule has 0 radical (unpaired) electrons. The van der Waals surface area contributed by atoms with Gasteiger partial charge in [0.05, 0.1) is 30.4 Å². The van der Waals surface area contributed by atoms with Crippen molar-refractivity contribution in [3.63, 3.8) is 0 Å². The lowest BCUT2D eigenvalue weighted by atomic mass is 9.88. The number of hydrogen-bond donors (Lipinski definition) is 3. The van der Waals surface area contributed by atoms with Crippen LogP contribution in [0.2, 0.25) is 0 Å². The third-order valence-electron chi connectivity index (χ3n) is 6.03. The maximum absolute atomic E-state index is 12.8. The number of aryl methyl sites for hydroxylation is 1. The van der Waals surface area contributed by atoms with Gasteiger partial charge in [-0.1, -0.05) is 24.3 Å². The second kappa shape index (κ2) is 9.52. The summed E-state index contributed by atoms with van der Waals surface area (Å²) in [5, 5.41) is 15.7. The number of amides is 1. The molecule has 2 aliphatic heterocycles. The molecule has 2 bridgehead atoms. The fourth-order valence-electron chi connectivity index (χ4n) is 4.23. The maximum atomic E-state index is 12.8. The number of hydrogen-bond acceptors (Lipinski definition) is 5. The molecule has 33 heavy (non-hydrogen) atoms. The molecule has 4 rings (SSSR count). The van der Waals surface area contributed by atoms with Crippen molar-refractivity contribution in [1.29, 1.82) is 0 Å². The SMILES string of the molecule is O=C(CCCc1ccc2c(c1)[C@H]1C[C@@H](N2)[C@H](O)CO1)C(=O)NCc1cccc(C(F)(F)F)c1. The minimum atomic E-state index is -4.46. The molecule has 0 unspecified atom stereocenters. The number of ketones is 1. The van der Waals surface area contributed by atoms with Gasteiger partial charge in [0.15, 0.2) is 0 Å². The normalized spacial score (nSPS) is 21.6. The van der Waals surface area contributed by atoms with Crippen molar-refractivity contribution in [3.8, 4) is 0 Å². The summed E-state index contributed by atoms with van der Waals surface area (Å²) in [5.74, 6) is -1.41. The first-order valence-electron chi connectivity index (χ1n) is 10.9. The topological polar surface area (TPSA) is 87.7 Å². The van der Waals surface area contributed by atoms with Crippen LogP contribution in [0.1, 0.15) is 47.6 Å². The molecule has 2 heterocycles. The van der Waals surface area contributed by atoms with Gasteiger partial charge in [0.1, 0.15) is 0 Å². The number of carbonyl (C=O) groups is 2. The first-order chi connectivity index (χ1) is 15.7. The smallest absolute Gasteiger partial charge is 0.389 e. The van der Waals surface area contributed by atoms with Gasteiger partial charge < -0.3 is 20.5 Å². The Morgan fingerprint density at radius 3 is 2.76 bits per heavy atom. The number of carbonyl (C=O) groups excluding carboxylic acids is 2. The quantitative estimate of drug-likeness (QED) is 0.548. The molecule has 0 spiro atoms. The second-order valence-electron chi connectivity index (χ2n) is 8.46. The van der Waals surface area contributed by atoms with Gasteiger partial charge in [-0.25, -0.2) is 0 Å². The Bertz CT molecular complexity index is 1040. The van der Waals surface area contributed by atoms with Crippen LogP contribution in [0.15, 0.2) is 42.5 Å². The van der Waals surface area contributed by atoms with Crippen LogP contribution < -0.4 is 10.6 Å². The predicted octanol–water partition coefficient (Wildman–Crippen LogP) is 3.53. The molecule has 2 aliphatic rings. The van der Waals surface area contributed by atoms with Crippen molar-refractivity contribution in [3.05, 3.63) is 64.7 Å². The van der Waals surface area contributed by atoms with Gasteiger partial charge in [0.2, 0.25) is 5.78 Å². The summed E-state index contributed by atoms with van der Waals surface area (Å²) in [6.07, 6.45) is -3.26. The van der Waals surface area contributed by atoms with E-state index in [-0.39, 0.29) is 37.3 Å². The molecule has 1 amide bonds. The number of aliphatic hydroxyl groups excluding tert-OH is 1. The summed E-state index contributed by atoms with van der Waals surface area (Å²) in [5.41, 5.74) is 2.45. The lowest BCUT2D eigenvalue weighted by molar-refractivity contribution is -0.138. The molecular weight excluding hydrogens is 437 g/mol. The van der Waals surface area contributed by atoms with Crippen LogP contribution in [0.4, 0.5) is 18.9 Å². The van der Waals surface area contributed by atoms with Crippen molar-refractivity contribution >= 4 is 17.4 Å². The molecule has 176 valence electrons. The van der Waals surface area contributed by atoms with E-state index in [1.807, 2.05) is 18.2 Å². The number of aliphatic hydroxyl groups is 1. The van der Waals surface area contributed by atoms with Crippen LogP contribution in [0.5, 0.6) is 0 Å². The van der Waals surface area contributed by atoms with Gasteiger partial charge in [0, 0.05) is 30.6 Å². The van der Waals surface area contributed by atoms with Crippen molar-refractivity contribution in [2.75, 3.05) is 11.9 Å². The van der Waals surface area contributed by atoms with E-state index in [1.165, 1.54) is 12.1 Å². The van der Waals surface area contributed by atoms with Crippen LogP contribution in [0.3, 0.4) is 0 Å². The highest BCUT2D eigenvalue weighted by molar-refractivity contribution is 6.36. The molecule has 0 saturated carbocycles. The van der Waals surface area contributed by atoms with Crippen molar-refractivity contribution < 1.29 is 32.6 Å². The van der Waals surface area contributed by atoms with Crippen LogP contribution >= 0.6 is 0 Å². The van der Waals surface area contributed by atoms with E-state index in [0.29, 0.717) is 19.3 Å². The molecule has 2 aromatic rings. The Kier molecular flexibility index (Phi) is 6.71. The Labute approximate surface area is 189 Å². The maximum Gasteiger partial charge on any atom is 0.416 e. The van der Waals surface area contributed by atoms with Crippen LogP contribution in [0.25, 0.3) is 0 Å². The second-order valence-corrected chi connectivity index (χ2v) is 8.46. The average Bonchev–Trinajstić information content (AvgIpc) is 2.79. The Balaban J connectivity index is 1.26. The molecule has 6 nitrogen and oxygen atoms in total. The van der Waals surface area contributed by atoms with Gasteiger partial charge in [-0.05, 0) is 42.2 Å². The van der Waals surface area contributed by atoms with Gasteiger partial charge in [-0.2, -0.15) is 13.2 Å². The van der Waals surface area contributed by atoms with E-state index >= 15 is 0 Å². The Morgan fingerprint density at radius 2 is 1.97 bits per heavy atom. The number of ether oxygens (including phenoxy) is 1. The molecule has 1 fully saturated rings. The number of nitrogens with one attached hydrogen (secondary N) is 2. The molecule has 9 heteroatoms. The number of Topliss-reactive ketones (excluding diaryl/α,β-unsaturated/α-hetero) is 1. The molecule has 3 atom stereocenters. The lowest BCUT2D eigenvalue weighted by Gasteiger charge is -2.40. The highest BCUT2D eigenvalue weighted by Gasteiger charge is 2.36. The van der Waals surface area contributed by atoms with E-state index in [9.17, 15) is 27.9 Å². The summed E-state index contributed by atoms with van der Waals surface area (Å²) in [7, 11) is 0. The number of halogens is 3. The zero-order chi connectivity index (χ0) is 23.6. The monoisotopic (exact) mass is 462 g/mol. The van der Waals surface area contributed by atoms with Crippen molar-refractivity contribution in [2.24, 2.45) is 0 Å². The number of benzene rings is 2. The molecule has 0 aromatic heterocycles. The molecule has 3 N–H and O–H groups in total. The summed E-state index contributed by atoms with van der Waals surface area (Å²) < 4.78 is 44.1. The van der Waals surface area contributed by atoms with Gasteiger partial charge >= 0.3 is 6.18 Å². The largest absolute Gasteiger partial charge is 0.416 e. The van der Waals surface area contributed by atoms with Crippen LogP contribution in [-0.4, -0.2) is 35.5 Å². The fourth-order valence-corrected chi connectivity index (χ4v) is 4.23. The number of anilines is 1. The molecule has 2 aromatic carbocycles. The van der Waals surface area contributed by atoms with Gasteiger partial charge in [-0.15, -0.1) is 0 Å². The third-order valence-corrected chi connectivity index (χ3v) is 6.03. The standard InChI is InChI=1S/C24H25F3N2O4/c25-24(26,27)16-5-1-4-15(9-16)12-28-23(32)20(30)6-2-3-14-7-8-18-17(10-14)22-11-19(29-18)21(31)13-33-22/h1,4-5,7-10,19,21-22,29,31H,2-3,6,11-13H2,(H,28,32)/t19-,21-,22-/m1/s1. The molecular formula is C24H25F3N2O4. The van der Waals surface area contributed by atoms with Gasteiger partial charge in [-0.3, -0.25) is 9.59 Å². The molecule has 0 aliphatic carbocycles. The number of rotatable bonds is 7. The zero-order valence-electron chi connectivity index (χ0n) is 17.8. The summed E-state index contributed by atoms with van der Waals surface area (Å²) in [6.45, 7) is 0.138. The summed E-state index contributed by atoms with van der Waals surface area (Å²) in [4.78, 5) is 24.2. The van der Waals surface area contributed by atoms with Crippen LogP contribution in [0, 0.1) is 0 Å². The van der Waals surface area contributed by atoms with E-state index in [4.69, 9.17) is 4.74 Å². The number of fused-ring (bicyclic) bond motifs is 4. The minimum Gasteiger partial charge on any atom is -0.389 e. The van der Waals surface area contributed by atoms with E-state index < -0.39 is 29.5 Å². The van der Waals surface area contributed by atoms with E-state index in [1.54, 1.807) is 0 Å². The average molecular weight is 462 g/mol. The highest BCUT2D eigenvalue weighted by Crippen LogP contribution is 2.39. The lowest BCUT2D eigenvalue weighted by Crippen LogP contribution is -2.45. The fraction of sp³-hybridized carbons (Fsp3) is 0.417. The van der Waals surface area contributed by atoms with E-state index in [2.05, 4.69) is 10.6 Å². The first-order valence-corrected chi connectivity index (χ1v) is 10.9. The summed E-state index contributed by atoms with van der Waals surface area (Å²) >= 11 is 0. The first kappa shape index (κ1) is 23.3. The Morgan fingerprint density at radius 1 is 1.15 bits per heavy atom. The molecule has 1 saturated heterocycles. The van der Waals surface area contributed by atoms with Crippen molar-refractivity contribution in [1.82, 2.24) is 5.32 Å². The van der Waals surface area contributed by atoms with Gasteiger partial charge in [0.25, 0.3) is 5.91 Å². The Hall–Kier alpha value is -2.91. The summed E-state index contributed by atoms with van der Waals surface area (Å²) in [6, 6.07) is 10.5. The number of alkyl halides is 3.